The Balaban J connectivity index is 1.71. The largest absolute Gasteiger partial charge is 0.519 e. The summed E-state index contributed by atoms with van der Waals surface area (Å²) in [5.74, 6) is 1.63. The number of carbonyl (C=O) groups excluding carboxylic acids is 1. The van der Waals surface area contributed by atoms with Gasteiger partial charge in [0.1, 0.15) is 0 Å². The molecule has 0 N–H and O–H groups in total. The number of fused-ring (bicyclic) bond motifs is 2. The molecule has 5 heteroatoms. The van der Waals surface area contributed by atoms with Gasteiger partial charge in [-0.05, 0) is 36.8 Å². The summed E-state index contributed by atoms with van der Waals surface area (Å²) in [6.45, 7) is 4.65. The lowest BCUT2D eigenvalue weighted by molar-refractivity contribution is 0.148. The van der Waals surface area contributed by atoms with Crippen LogP contribution in [0.25, 0.3) is 21.5 Å². The zero-order valence-electron chi connectivity index (χ0n) is 16.9. The van der Waals surface area contributed by atoms with Crippen LogP contribution in [0, 0.1) is 0 Å². The maximum absolute atomic E-state index is 12.8. The van der Waals surface area contributed by atoms with Gasteiger partial charge in [0.05, 0.1) is 13.2 Å². The first-order valence-electron chi connectivity index (χ1n) is 9.90. The highest BCUT2D eigenvalue weighted by Gasteiger charge is 2.19. The van der Waals surface area contributed by atoms with Gasteiger partial charge in [0.25, 0.3) is 0 Å². The van der Waals surface area contributed by atoms with Crippen molar-refractivity contribution >= 4 is 27.7 Å². The van der Waals surface area contributed by atoms with Gasteiger partial charge in [0, 0.05) is 10.8 Å². The topological polar surface area (TPSA) is 54.0 Å². The highest BCUT2D eigenvalue weighted by molar-refractivity contribution is 5.94. The highest BCUT2D eigenvalue weighted by Crippen LogP contribution is 2.38. The quantitative estimate of drug-likeness (QED) is 0.277. The molecule has 0 radical (unpaired) electrons. The molecule has 0 heterocycles. The van der Waals surface area contributed by atoms with E-state index in [0.29, 0.717) is 36.2 Å². The van der Waals surface area contributed by atoms with Crippen LogP contribution in [-0.4, -0.2) is 19.4 Å². The molecule has 0 saturated heterocycles. The summed E-state index contributed by atoms with van der Waals surface area (Å²) in [7, 11) is 0. The van der Waals surface area contributed by atoms with Crippen molar-refractivity contribution in [2.45, 2.75) is 13.8 Å². The molecule has 152 valence electrons. The molecule has 0 saturated carbocycles. The number of carbonyl (C=O) groups is 1. The van der Waals surface area contributed by atoms with Crippen LogP contribution < -0.4 is 18.9 Å². The van der Waals surface area contributed by atoms with Crippen molar-refractivity contribution < 1.29 is 23.7 Å². The average Bonchev–Trinajstić information content (AvgIpc) is 2.77. The Kier molecular flexibility index (Phi) is 5.70. The zero-order chi connectivity index (χ0) is 20.9. The van der Waals surface area contributed by atoms with Crippen LogP contribution in [0.1, 0.15) is 13.8 Å². The van der Waals surface area contributed by atoms with Gasteiger partial charge in [0.15, 0.2) is 23.0 Å². The second kappa shape index (κ2) is 8.74. The van der Waals surface area contributed by atoms with Crippen LogP contribution in [0.5, 0.6) is 23.0 Å². The number of hydrogen-bond donors (Lipinski definition) is 0. The first-order valence-corrected chi connectivity index (χ1v) is 9.90. The molecule has 30 heavy (non-hydrogen) atoms. The minimum Gasteiger partial charge on any atom is -0.490 e. The lowest BCUT2D eigenvalue weighted by Crippen LogP contribution is -2.15. The molecule has 0 aliphatic carbocycles. The molecule has 5 nitrogen and oxygen atoms in total. The van der Waals surface area contributed by atoms with Crippen molar-refractivity contribution in [1.82, 2.24) is 0 Å². The van der Waals surface area contributed by atoms with Crippen LogP contribution in [0.15, 0.2) is 72.8 Å². The first kappa shape index (κ1) is 19.6. The summed E-state index contributed by atoms with van der Waals surface area (Å²) in [5.41, 5.74) is 0. The Morgan fingerprint density at radius 3 is 1.50 bits per heavy atom. The fraction of sp³-hybridized carbons (Fsp3) is 0.160. The van der Waals surface area contributed by atoms with E-state index in [2.05, 4.69) is 0 Å². The molecule has 0 aliphatic rings. The monoisotopic (exact) mass is 402 g/mol. The lowest BCUT2D eigenvalue weighted by Gasteiger charge is -2.15. The summed E-state index contributed by atoms with van der Waals surface area (Å²) in [5, 5.41) is 3.40. The second-order valence-corrected chi connectivity index (χ2v) is 6.55. The molecule has 0 bridgehead atoms. The molecular formula is C25H22O5. The van der Waals surface area contributed by atoms with Gasteiger partial charge < -0.3 is 18.9 Å². The van der Waals surface area contributed by atoms with Gasteiger partial charge in [-0.1, -0.05) is 60.7 Å². The molecule has 0 unspecified atom stereocenters. The highest BCUT2D eigenvalue weighted by atomic mass is 16.7. The Morgan fingerprint density at radius 2 is 1.07 bits per heavy atom. The molecule has 4 aromatic rings. The molecule has 0 aromatic heterocycles. The number of rotatable bonds is 6. The van der Waals surface area contributed by atoms with E-state index in [9.17, 15) is 4.79 Å². The van der Waals surface area contributed by atoms with Gasteiger partial charge in [-0.15, -0.1) is 0 Å². The summed E-state index contributed by atoms with van der Waals surface area (Å²) in [6, 6.07) is 22.7. The van der Waals surface area contributed by atoms with E-state index in [4.69, 9.17) is 18.9 Å². The molecule has 0 fully saturated rings. The molecule has 4 rings (SSSR count). The van der Waals surface area contributed by atoms with E-state index in [1.165, 1.54) is 0 Å². The van der Waals surface area contributed by atoms with E-state index in [1.807, 2.05) is 74.5 Å². The van der Waals surface area contributed by atoms with E-state index >= 15 is 0 Å². The summed E-state index contributed by atoms with van der Waals surface area (Å²) in [4.78, 5) is 12.8. The fourth-order valence-electron chi connectivity index (χ4n) is 3.38. The van der Waals surface area contributed by atoms with E-state index < -0.39 is 6.16 Å². The predicted molar refractivity (Wildman–Crippen MR) is 117 cm³/mol. The SMILES string of the molecule is CCOc1ccc2ccccc2c1OC(=O)Oc1c(OCC)ccc2ccccc12. The second-order valence-electron chi connectivity index (χ2n) is 6.55. The van der Waals surface area contributed by atoms with Crippen LogP contribution in [-0.2, 0) is 0 Å². The van der Waals surface area contributed by atoms with Crippen molar-refractivity contribution in [1.29, 1.82) is 0 Å². The van der Waals surface area contributed by atoms with Crippen LogP contribution >= 0.6 is 0 Å². The van der Waals surface area contributed by atoms with Crippen molar-refractivity contribution in [3.05, 3.63) is 72.8 Å². The number of benzene rings is 4. The standard InChI is InChI=1S/C25H22O5/c1-3-27-21-15-13-17-9-5-7-11-19(17)23(21)29-25(26)30-24-20-12-8-6-10-18(20)14-16-22(24)28-4-2/h5-16H,3-4H2,1-2H3. The maximum Gasteiger partial charge on any atom is 0.519 e. The van der Waals surface area contributed by atoms with E-state index in [-0.39, 0.29) is 0 Å². The molecule has 0 aliphatic heterocycles. The van der Waals surface area contributed by atoms with Gasteiger partial charge >= 0.3 is 6.16 Å². The fourth-order valence-corrected chi connectivity index (χ4v) is 3.38. The third kappa shape index (κ3) is 3.87. The van der Waals surface area contributed by atoms with Gasteiger partial charge in [-0.25, -0.2) is 4.79 Å². The summed E-state index contributed by atoms with van der Waals surface area (Å²) in [6.07, 6.45) is -0.857. The normalized spacial score (nSPS) is 10.7. The summed E-state index contributed by atoms with van der Waals surface area (Å²) >= 11 is 0. The Bertz CT molecular complexity index is 1110. The first-order chi connectivity index (χ1) is 14.7. The molecular weight excluding hydrogens is 380 g/mol. The average molecular weight is 402 g/mol. The molecule has 0 atom stereocenters. The zero-order valence-corrected chi connectivity index (χ0v) is 16.9. The smallest absolute Gasteiger partial charge is 0.490 e. The molecule has 0 amide bonds. The summed E-state index contributed by atoms with van der Waals surface area (Å²) < 4.78 is 22.7. The van der Waals surface area contributed by atoms with E-state index in [0.717, 1.165) is 21.5 Å². The predicted octanol–water partition coefficient (Wildman–Crippen LogP) is 6.37. The van der Waals surface area contributed by atoms with Crippen LogP contribution in [0.4, 0.5) is 4.79 Å². The Morgan fingerprint density at radius 1 is 0.633 bits per heavy atom. The minimum absolute atomic E-state index is 0.332. The maximum atomic E-state index is 12.8. The minimum atomic E-state index is -0.857. The lowest BCUT2D eigenvalue weighted by atomic mass is 10.1. The van der Waals surface area contributed by atoms with Crippen molar-refractivity contribution in [2.75, 3.05) is 13.2 Å². The van der Waals surface area contributed by atoms with E-state index in [1.54, 1.807) is 12.1 Å². The van der Waals surface area contributed by atoms with Gasteiger partial charge in [0.2, 0.25) is 0 Å². The molecule has 4 aromatic carbocycles. The Labute approximate surface area is 174 Å². The number of ether oxygens (including phenoxy) is 4. The third-order valence-electron chi connectivity index (χ3n) is 4.66. The molecule has 0 spiro atoms. The van der Waals surface area contributed by atoms with Crippen LogP contribution in [0.2, 0.25) is 0 Å². The van der Waals surface area contributed by atoms with Gasteiger partial charge in [-0.3, -0.25) is 0 Å². The Hall–Kier alpha value is -3.73. The third-order valence-corrected chi connectivity index (χ3v) is 4.66. The van der Waals surface area contributed by atoms with Crippen molar-refractivity contribution in [3.8, 4) is 23.0 Å². The van der Waals surface area contributed by atoms with Crippen molar-refractivity contribution in [2.24, 2.45) is 0 Å². The van der Waals surface area contributed by atoms with Gasteiger partial charge in [-0.2, -0.15) is 0 Å². The van der Waals surface area contributed by atoms with Crippen molar-refractivity contribution in [3.63, 3.8) is 0 Å². The number of hydrogen-bond acceptors (Lipinski definition) is 5. The van der Waals surface area contributed by atoms with Crippen LogP contribution in [0.3, 0.4) is 0 Å².